The van der Waals surface area contributed by atoms with Crippen molar-refractivity contribution in [1.29, 1.82) is 0 Å². The molecule has 0 fully saturated rings. The van der Waals surface area contributed by atoms with Crippen molar-refractivity contribution in [2.75, 3.05) is 5.32 Å². The monoisotopic (exact) mass is 390 g/mol. The van der Waals surface area contributed by atoms with E-state index in [0.29, 0.717) is 17.0 Å². The van der Waals surface area contributed by atoms with Crippen LogP contribution in [-0.4, -0.2) is 24.0 Å². The Labute approximate surface area is 171 Å². The van der Waals surface area contributed by atoms with Crippen LogP contribution in [-0.2, 0) is 4.79 Å². The molecule has 5 heteroatoms. The summed E-state index contributed by atoms with van der Waals surface area (Å²) in [6, 6.07) is 20.6. The van der Waals surface area contributed by atoms with E-state index in [0.717, 1.165) is 17.2 Å². The predicted molar refractivity (Wildman–Crippen MR) is 116 cm³/mol. The van der Waals surface area contributed by atoms with Gasteiger partial charge in [-0.05, 0) is 43.9 Å². The lowest BCUT2D eigenvalue weighted by atomic mass is 10.1. The van der Waals surface area contributed by atoms with Gasteiger partial charge in [0.15, 0.2) is 6.10 Å². The van der Waals surface area contributed by atoms with Crippen molar-refractivity contribution in [3.63, 3.8) is 0 Å². The topological polar surface area (TPSA) is 67.4 Å². The number of rotatable bonds is 7. The average Bonchev–Trinajstić information content (AvgIpc) is 2.74. The van der Waals surface area contributed by atoms with Crippen molar-refractivity contribution >= 4 is 28.3 Å². The molecule has 2 atom stereocenters. The molecule has 2 N–H and O–H groups in total. The first kappa shape index (κ1) is 20.4. The van der Waals surface area contributed by atoms with E-state index < -0.39 is 6.10 Å². The summed E-state index contributed by atoms with van der Waals surface area (Å²) in [6.45, 7) is 5.64. The maximum absolute atomic E-state index is 12.7. The van der Waals surface area contributed by atoms with Crippen molar-refractivity contribution in [2.45, 2.75) is 39.3 Å². The standard InChI is InChI=1S/C24H26N2O3/c1-4-16(2)25-24(28)20-13-7-8-14-21(20)26-23(27)17(3)29-22-15-9-11-18-10-5-6-12-19(18)22/h5-17H,4H2,1-3H3,(H,25,28)(H,26,27). The molecule has 2 amide bonds. The molecule has 0 radical (unpaired) electrons. The predicted octanol–water partition coefficient (Wildman–Crippen LogP) is 4.77. The average molecular weight is 390 g/mol. The zero-order valence-electron chi connectivity index (χ0n) is 16.9. The Morgan fingerprint density at radius 2 is 1.62 bits per heavy atom. The normalized spacial score (nSPS) is 12.8. The molecule has 3 aromatic carbocycles. The van der Waals surface area contributed by atoms with Crippen LogP contribution in [0.3, 0.4) is 0 Å². The van der Waals surface area contributed by atoms with Crippen molar-refractivity contribution in [1.82, 2.24) is 5.32 Å². The van der Waals surface area contributed by atoms with Crippen molar-refractivity contribution < 1.29 is 14.3 Å². The van der Waals surface area contributed by atoms with Gasteiger partial charge in [-0.1, -0.05) is 55.5 Å². The molecule has 5 nitrogen and oxygen atoms in total. The van der Waals surface area contributed by atoms with E-state index in [9.17, 15) is 9.59 Å². The van der Waals surface area contributed by atoms with Gasteiger partial charge in [-0.3, -0.25) is 9.59 Å². The molecule has 0 aliphatic rings. The van der Waals surface area contributed by atoms with Gasteiger partial charge < -0.3 is 15.4 Å². The molecule has 0 heterocycles. The highest BCUT2D eigenvalue weighted by atomic mass is 16.5. The van der Waals surface area contributed by atoms with Gasteiger partial charge >= 0.3 is 0 Å². The minimum Gasteiger partial charge on any atom is -0.480 e. The molecule has 0 aliphatic carbocycles. The fraction of sp³-hybridized carbons (Fsp3) is 0.250. The smallest absolute Gasteiger partial charge is 0.265 e. The Hall–Kier alpha value is -3.34. The molecule has 3 rings (SSSR count). The van der Waals surface area contributed by atoms with E-state index in [-0.39, 0.29) is 17.9 Å². The zero-order valence-corrected chi connectivity index (χ0v) is 16.9. The highest BCUT2D eigenvalue weighted by Gasteiger charge is 2.19. The van der Waals surface area contributed by atoms with Gasteiger partial charge in [0.1, 0.15) is 5.75 Å². The molecule has 2 unspecified atom stereocenters. The van der Waals surface area contributed by atoms with Crippen LogP contribution in [0.4, 0.5) is 5.69 Å². The highest BCUT2D eigenvalue weighted by molar-refractivity contribution is 6.04. The fourth-order valence-electron chi connectivity index (χ4n) is 2.97. The lowest BCUT2D eigenvalue weighted by Gasteiger charge is -2.18. The molecule has 0 aromatic heterocycles. The van der Waals surface area contributed by atoms with Gasteiger partial charge in [-0.25, -0.2) is 0 Å². The van der Waals surface area contributed by atoms with Crippen molar-refractivity contribution in [3.8, 4) is 5.75 Å². The van der Waals surface area contributed by atoms with Gasteiger partial charge in [0.2, 0.25) is 0 Å². The second-order valence-corrected chi connectivity index (χ2v) is 7.05. The first-order chi connectivity index (χ1) is 14.0. The minimum absolute atomic E-state index is 0.0554. The van der Waals surface area contributed by atoms with Crippen molar-refractivity contribution in [3.05, 3.63) is 72.3 Å². The molecule has 0 saturated heterocycles. The summed E-state index contributed by atoms with van der Waals surface area (Å²) in [4.78, 5) is 25.3. The Morgan fingerprint density at radius 3 is 2.41 bits per heavy atom. The number of carbonyl (C=O) groups excluding carboxylic acids is 2. The Kier molecular flexibility index (Phi) is 6.50. The lowest BCUT2D eigenvalue weighted by molar-refractivity contribution is -0.122. The number of para-hydroxylation sites is 1. The van der Waals surface area contributed by atoms with E-state index in [1.165, 1.54) is 0 Å². The highest BCUT2D eigenvalue weighted by Crippen LogP contribution is 2.26. The number of hydrogen-bond acceptors (Lipinski definition) is 3. The van der Waals surface area contributed by atoms with Crippen LogP contribution in [0.2, 0.25) is 0 Å². The summed E-state index contributed by atoms with van der Waals surface area (Å²) in [6.07, 6.45) is 0.0994. The van der Waals surface area contributed by atoms with Crippen LogP contribution >= 0.6 is 0 Å². The summed E-state index contributed by atoms with van der Waals surface area (Å²) in [5, 5.41) is 7.75. The summed E-state index contributed by atoms with van der Waals surface area (Å²) < 4.78 is 5.93. The first-order valence-electron chi connectivity index (χ1n) is 9.84. The van der Waals surface area contributed by atoms with E-state index in [1.807, 2.05) is 56.3 Å². The molecule has 150 valence electrons. The Balaban J connectivity index is 1.74. The van der Waals surface area contributed by atoms with Crippen molar-refractivity contribution in [2.24, 2.45) is 0 Å². The second-order valence-electron chi connectivity index (χ2n) is 7.05. The molecule has 0 saturated carbocycles. The number of hydrogen-bond donors (Lipinski definition) is 2. The lowest BCUT2D eigenvalue weighted by Crippen LogP contribution is -2.34. The number of anilines is 1. The number of benzene rings is 3. The maximum atomic E-state index is 12.7. The Morgan fingerprint density at radius 1 is 0.931 bits per heavy atom. The molecule has 3 aromatic rings. The number of nitrogens with one attached hydrogen (secondary N) is 2. The summed E-state index contributed by atoms with van der Waals surface area (Å²) >= 11 is 0. The Bertz CT molecular complexity index is 1010. The van der Waals surface area contributed by atoms with Crippen LogP contribution in [0.25, 0.3) is 10.8 Å². The van der Waals surface area contributed by atoms with E-state index >= 15 is 0 Å². The second kappa shape index (κ2) is 9.24. The van der Waals surface area contributed by atoms with E-state index in [1.54, 1.807) is 31.2 Å². The number of carbonyl (C=O) groups is 2. The third kappa shape index (κ3) is 4.93. The largest absolute Gasteiger partial charge is 0.480 e. The van der Waals surface area contributed by atoms with E-state index in [4.69, 9.17) is 4.74 Å². The molecule has 29 heavy (non-hydrogen) atoms. The zero-order chi connectivity index (χ0) is 20.8. The number of amides is 2. The molecule has 0 spiro atoms. The van der Waals surface area contributed by atoms with E-state index in [2.05, 4.69) is 10.6 Å². The van der Waals surface area contributed by atoms with Crippen LogP contribution < -0.4 is 15.4 Å². The summed E-state index contributed by atoms with van der Waals surface area (Å²) in [5.74, 6) is 0.119. The van der Waals surface area contributed by atoms with Crippen LogP contribution in [0.5, 0.6) is 5.75 Å². The SMILES string of the molecule is CCC(C)NC(=O)c1ccccc1NC(=O)C(C)Oc1cccc2ccccc12. The minimum atomic E-state index is -0.730. The molecule has 0 aliphatic heterocycles. The van der Waals surface area contributed by atoms with Gasteiger partial charge in [-0.2, -0.15) is 0 Å². The fourth-order valence-corrected chi connectivity index (χ4v) is 2.97. The maximum Gasteiger partial charge on any atom is 0.265 e. The van der Waals surface area contributed by atoms with Crippen LogP contribution in [0, 0.1) is 0 Å². The van der Waals surface area contributed by atoms with Gasteiger partial charge in [0, 0.05) is 11.4 Å². The number of fused-ring (bicyclic) bond motifs is 1. The van der Waals surface area contributed by atoms with Crippen LogP contribution in [0.1, 0.15) is 37.6 Å². The van der Waals surface area contributed by atoms with Gasteiger partial charge in [0.05, 0.1) is 11.3 Å². The number of ether oxygens (including phenoxy) is 1. The summed E-state index contributed by atoms with van der Waals surface area (Å²) in [7, 11) is 0. The molecular formula is C24H26N2O3. The summed E-state index contributed by atoms with van der Waals surface area (Å²) in [5.41, 5.74) is 0.894. The quantitative estimate of drug-likeness (QED) is 0.610. The third-order valence-electron chi connectivity index (χ3n) is 4.84. The molecule has 0 bridgehead atoms. The third-order valence-corrected chi connectivity index (χ3v) is 4.84. The van der Waals surface area contributed by atoms with Gasteiger partial charge in [-0.15, -0.1) is 0 Å². The van der Waals surface area contributed by atoms with Crippen LogP contribution in [0.15, 0.2) is 66.7 Å². The molecular weight excluding hydrogens is 364 g/mol. The first-order valence-corrected chi connectivity index (χ1v) is 9.84. The van der Waals surface area contributed by atoms with Gasteiger partial charge in [0.25, 0.3) is 11.8 Å².